The van der Waals surface area contributed by atoms with Gasteiger partial charge in [-0.25, -0.2) is 0 Å². The molecule has 1 nitrogen and oxygen atoms in total. The van der Waals surface area contributed by atoms with Gasteiger partial charge < -0.3 is 5.11 Å². The monoisotopic (exact) mass is 346 g/mol. The Morgan fingerprint density at radius 3 is 1.62 bits per heavy atom. The van der Waals surface area contributed by atoms with Crippen LogP contribution in [0.5, 0.6) is 0 Å². The fourth-order valence-corrected chi connectivity index (χ4v) is 1.95. The van der Waals surface area contributed by atoms with Crippen LogP contribution >= 0.6 is 0 Å². The van der Waals surface area contributed by atoms with Crippen LogP contribution in [-0.2, 0) is 6.18 Å². The van der Waals surface area contributed by atoms with Crippen molar-refractivity contribution in [3.8, 4) is 11.1 Å². The van der Waals surface area contributed by atoms with E-state index in [1.54, 1.807) is 12.1 Å². The number of hydrogen-bond acceptors (Lipinski definition) is 1. The molecule has 0 aliphatic heterocycles. The number of benzene rings is 2. The fraction of sp³-hybridized carbons (Fsp3) is 0.176. The summed E-state index contributed by atoms with van der Waals surface area (Å²) < 4.78 is 74.0. The van der Waals surface area contributed by atoms with E-state index < -0.39 is 24.0 Å². The van der Waals surface area contributed by atoms with Gasteiger partial charge in [0, 0.05) is 0 Å². The standard InChI is InChI=1S/C17H12F6O/c18-16(19,20)14-8-6-13(7-9-14)12-4-1-11(2-5-12)3-10-15(24)17(21,22)23/h1-10,15,24H/b10-3+. The van der Waals surface area contributed by atoms with E-state index in [0.717, 1.165) is 18.2 Å². The summed E-state index contributed by atoms with van der Waals surface area (Å²) in [7, 11) is 0. The van der Waals surface area contributed by atoms with Crippen molar-refractivity contribution < 1.29 is 31.4 Å². The molecule has 2 rings (SSSR count). The van der Waals surface area contributed by atoms with Gasteiger partial charge in [-0.05, 0) is 34.9 Å². The Balaban J connectivity index is 2.13. The summed E-state index contributed by atoms with van der Waals surface area (Å²) in [6.45, 7) is 0. The molecule has 128 valence electrons. The summed E-state index contributed by atoms with van der Waals surface area (Å²) in [5.41, 5.74) is 0.840. The Labute approximate surface area is 133 Å². The Bertz CT molecular complexity index is 696. The third-order valence-corrected chi connectivity index (χ3v) is 3.26. The molecule has 0 aliphatic carbocycles. The van der Waals surface area contributed by atoms with E-state index in [-0.39, 0.29) is 0 Å². The van der Waals surface area contributed by atoms with Crippen LogP contribution in [0.3, 0.4) is 0 Å². The lowest BCUT2D eigenvalue weighted by atomic mass is 10.0. The molecule has 24 heavy (non-hydrogen) atoms. The van der Waals surface area contributed by atoms with Gasteiger partial charge in [-0.2, -0.15) is 26.3 Å². The van der Waals surface area contributed by atoms with E-state index in [4.69, 9.17) is 5.11 Å². The van der Waals surface area contributed by atoms with Crippen molar-refractivity contribution in [1.82, 2.24) is 0 Å². The highest BCUT2D eigenvalue weighted by atomic mass is 19.4. The maximum Gasteiger partial charge on any atom is 0.417 e. The lowest BCUT2D eigenvalue weighted by Crippen LogP contribution is -2.25. The van der Waals surface area contributed by atoms with Gasteiger partial charge in [-0.15, -0.1) is 0 Å². The highest BCUT2D eigenvalue weighted by molar-refractivity contribution is 5.66. The van der Waals surface area contributed by atoms with Crippen molar-refractivity contribution in [2.45, 2.75) is 18.5 Å². The summed E-state index contributed by atoms with van der Waals surface area (Å²) in [6, 6.07) is 10.7. The van der Waals surface area contributed by atoms with Crippen LogP contribution in [0.4, 0.5) is 26.3 Å². The highest BCUT2D eigenvalue weighted by Gasteiger charge is 2.36. The molecule has 0 aliphatic rings. The molecule has 0 saturated heterocycles. The molecule has 0 spiro atoms. The van der Waals surface area contributed by atoms with Gasteiger partial charge >= 0.3 is 12.4 Å². The predicted molar refractivity (Wildman–Crippen MR) is 78.0 cm³/mol. The molecule has 2 aromatic rings. The number of halogens is 6. The molecule has 0 fully saturated rings. The minimum absolute atomic E-state index is 0.425. The Hall–Kier alpha value is -2.28. The molecule has 0 radical (unpaired) electrons. The predicted octanol–water partition coefficient (Wildman–Crippen LogP) is 5.31. The molecule has 2 aromatic carbocycles. The first-order chi connectivity index (χ1) is 11.1. The SMILES string of the molecule is OC(/C=C/c1ccc(-c2ccc(C(F)(F)F)cc2)cc1)C(F)(F)F. The summed E-state index contributed by atoms with van der Waals surface area (Å²) in [5, 5.41) is 8.87. The topological polar surface area (TPSA) is 20.2 Å². The highest BCUT2D eigenvalue weighted by Crippen LogP contribution is 2.31. The number of aliphatic hydroxyl groups is 1. The van der Waals surface area contributed by atoms with Crippen LogP contribution in [0, 0.1) is 0 Å². The number of hydrogen-bond donors (Lipinski definition) is 1. The lowest BCUT2D eigenvalue weighted by molar-refractivity contribution is -0.187. The maximum atomic E-state index is 12.5. The molecule has 7 heteroatoms. The second-order valence-corrected chi connectivity index (χ2v) is 5.04. The van der Waals surface area contributed by atoms with E-state index in [9.17, 15) is 26.3 Å². The fourth-order valence-electron chi connectivity index (χ4n) is 1.95. The zero-order valence-electron chi connectivity index (χ0n) is 12.1. The van der Waals surface area contributed by atoms with Crippen molar-refractivity contribution in [2.75, 3.05) is 0 Å². The minimum atomic E-state index is -4.73. The summed E-state index contributed by atoms with van der Waals surface area (Å²) in [4.78, 5) is 0. The Morgan fingerprint density at radius 2 is 1.21 bits per heavy atom. The van der Waals surface area contributed by atoms with E-state index in [1.807, 2.05) is 0 Å². The van der Waals surface area contributed by atoms with Gasteiger partial charge in [0.25, 0.3) is 0 Å². The smallest absolute Gasteiger partial charge is 0.380 e. The van der Waals surface area contributed by atoms with Crippen LogP contribution in [0.1, 0.15) is 11.1 Å². The van der Waals surface area contributed by atoms with Crippen LogP contribution < -0.4 is 0 Å². The van der Waals surface area contributed by atoms with Crippen LogP contribution in [-0.4, -0.2) is 17.4 Å². The molecule has 0 bridgehead atoms. The first-order valence-corrected chi connectivity index (χ1v) is 6.78. The first-order valence-electron chi connectivity index (χ1n) is 6.78. The van der Waals surface area contributed by atoms with Crippen molar-refractivity contribution in [1.29, 1.82) is 0 Å². The van der Waals surface area contributed by atoms with E-state index in [0.29, 0.717) is 22.8 Å². The van der Waals surface area contributed by atoms with Crippen LogP contribution in [0.15, 0.2) is 54.6 Å². The molecule has 1 atom stereocenters. The normalized spacial score (nSPS) is 14.1. The van der Waals surface area contributed by atoms with Gasteiger partial charge in [0.15, 0.2) is 6.10 Å². The number of aliphatic hydroxyl groups excluding tert-OH is 1. The average Bonchev–Trinajstić information content (AvgIpc) is 2.51. The van der Waals surface area contributed by atoms with Crippen molar-refractivity contribution in [3.05, 3.63) is 65.7 Å². The van der Waals surface area contributed by atoms with Crippen LogP contribution in [0.25, 0.3) is 17.2 Å². The number of rotatable bonds is 3. The van der Waals surface area contributed by atoms with Gasteiger partial charge in [-0.1, -0.05) is 42.5 Å². The Morgan fingerprint density at radius 1 is 0.750 bits per heavy atom. The molecule has 1 N–H and O–H groups in total. The molecular formula is C17H12F6O. The average molecular weight is 346 g/mol. The molecule has 0 heterocycles. The molecule has 0 amide bonds. The summed E-state index contributed by atoms with van der Waals surface area (Å²) >= 11 is 0. The van der Waals surface area contributed by atoms with Crippen LogP contribution in [0.2, 0.25) is 0 Å². The zero-order valence-corrected chi connectivity index (χ0v) is 12.1. The Kier molecular flexibility index (Phi) is 5.03. The zero-order chi connectivity index (χ0) is 18.0. The maximum absolute atomic E-state index is 12.5. The first kappa shape index (κ1) is 18.1. The van der Waals surface area contributed by atoms with E-state index in [1.165, 1.54) is 24.3 Å². The molecular weight excluding hydrogens is 334 g/mol. The third-order valence-electron chi connectivity index (χ3n) is 3.26. The second kappa shape index (κ2) is 6.68. The molecule has 1 unspecified atom stereocenters. The van der Waals surface area contributed by atoms with Crippen molar-refractivity contribution in [3.63, 3.8) is 0 Å². The van der Waals surface area contributed by atoms with Crippen molar-refractivity contribution >= 4 is 6.08 Å². The molecule has 0 aromatic heterocycles. The number of alkyl halides is 6. The molecule has 0 saturated carbocycles. The van der Waals surface area contributed by atoms with Gasteiger partial charge in [0.1, 0.15) is 0 Å². The van der Waals surface area contributed by atoms with E-state index >= 15 is 0 Å². The van der Waals surface area contributed by atoms with E-state index in [2.05, 4.69) is 0 Å². The second-order valence-electron chi connectivity index (χ2n) is 5.04. The largest absolute Gasteiger partial charge is 0.417 e. The van der Waals surface area contributed by atoms with Gasteiger partial charge in [0.05, 0.1) is 5.56 Å². The summed E-state index contributed by atoms with van der Waals surface area (Å²) in [6.07, 6.45) is -9.95. The summed E-state index contributed by atoms with van der Waals surface area (Å²) in [5.74, 6) is 0. The van der Waals surface area contributed by atoms with Crippen molar-refractivity contribution in [2.24, 2.45) is 0 Å². The lowest BCUT2D eigenvalue weighted by Gasteiger charge is -2.10. The third kappa shape index (κ3) is 4.61. The van der Waals surface area contributed by atoms with Gasteiger partial charge in [-0.3, -0.25) is 0 Å². The minimum Gasteiger partial charge on any atom is -0.380 e. The quantitative estimate of drug-likeness (QED) is 0.747. The van der Waals surface area contributed by atoms with Gasteiger partial charge in [0.2, 0.25) is 0 Å².